The minimum Gasteiger partial charge on any atom is -0.481 e. The van der Waals surface area contributed by atoms with Gasteiger partial charge in [0.05, 0.1) is 44.3 Å². The summed E-state index contributed by atoms with van der Waals surface area (Å²) in [6.07, 6.45) is 4.29. The van der Waals surface area contributed by atoms with Gasteiger partial charge in [0.25, 0.3) is 0 Å². The van der Waals surface area contributed by atoms with Crippen LogP contribution in [0.2, 0.25) is 0 Å². The Morgan fingerprint density at radius 2 is 1.24 bits per heavy atom. The molecule has 0 rings (SSSR count). The minimum absolute atomic E-state index is 0.00968. The van der Waals surface area contributed by atoms with Crippen LogP contribution in [0.25, 0.3) is 0 Å². The van der Waals surface area contributed by atoms with Crippen LogP contribution >= 0.6 is 15.9 Å². The van der Waals surface area contributed by atoms with Crippen molar-refractivity contribution >= 4 is 51.1 Å². The topological polar surface area (TPSA) is 192 Å². The molecule has 0 saturated heterocycles. The molecule has 0 fully saturated rings. The molecule has 42 heavy (non-hydrogen) atoms. The van der Waals surface area contributed by atoms with Crippen molar-refractivity contribution in [2.75, 3.05) is 64.7 Å². The second-order valence-electron chi connectivity index (χ2n) is 9.62. The molecule has 14 heteroatoms. The van der Waals surface area contributed by atoms with Gasteiger partial charge in [0.1, 0.15) is 24.8 Å². The number of carboxylic acid groups (broad SMARTS) is 2. The second kappa shape index (κ2) is 27.6. The van der Waals surface area contributed by atoms with Gasteiger partial charge in [-0.05, 0) is 25.7 Å². The van der Waals surface area contributed by atoms with Crippen molar-refractivity contribution in [1.82, 2.24) is 5.32 Å². The molecule has 242 valence electrons. The van der Waals surface area contributed by atoms with E-state index in [-0.39, 0.29) is 95.3 Å². The van der Waals surface area contributed by atoms with Crippen molar-refractivity contribution in [3.8, 4) is 0 Å². The lowest BCUT2D eigenvalue weighted by atomic mass is 9.95. The maximum atomic E-state index is 12.1. The van der Waals surface area contributed by atoms with Crippen LogP contribution in [0.4, 0.5) is 0 Å². The van der Waals surface area contributed by atoms with Crippen LogP contribution in [0.15, 0.2) is 0 Å². The normalized spacial score (nSPS) is 11.6. The van der Waals surface area contributed by atoms with E-state index in [1.807, 2.05) is 0 Å². The summed E-state index contributed by atoms with van der Waals surface area (Å²) in [6.45, 7) is 1.42. The van der Waals surface area contributed by atoms with Crippen molar-refractivity contribution in [2.45, 2.75) is 70.6 Å². The molecule has 0 bridgehead atoms. The summed E-state index contributed by atoms with van der Waals surface area (Å²) in [7, 11) is 0. The molecule has 0 aromatic rings. The van der Waals surface area contributed by atoms with Crippen LogP contribution in [0.5, 0.6) is 0 Å². The maximum Gasteiger partial charge on any atom is 0.306 e. The molecule has 0 aliphatic carbocycles. The fraction of sp³-hybridized carbons (Fsp3) is 0.786. The van der Waals surface area contributed by atoms with E-state index in [1.54, 1.807) is 0 Å². The molecule has 0 aromatic carbocycles. The van der Waals surface area contributed by atoms with Gasteiger partial charge in [-0.15, -0.1) is 0 Å². The molecule has 0 aliphatic rings. The molecule has 1 atom stereocenters. The van der Waals surface area contributed by atoms with Gasteiger partial charge in [-0.1, -0.05) is 28.8 Å². The lowest BCUT2D eigenvalue weighted by Gasteiger charge is -2.12. The third-order valence-electron chi connectivity index (χ3n) is 5.88. The zero-order valence-corrected chi connectivity index (χ0v) is 25.9. The number of hydrogen-bond donors (Lipinski definition) is 3. The Kier molecular flexibility index (Phi) is 26.1. The van der Waals surface area contributed by atoms with Gasteiger partial charge in [-0.2, -0.15) is 0 Å². The van der Waals surface area contributed by atoms with E-state index >= 15 is 0 Å². The summed E-state index contributed by atoms with van der Waals surface area (Å²) in [4.78, 5) is 68.5. The molecule has 1 amide bonds. The van der Waals surface area contributed by atoms with Gasteiger partial charge in [-0.25, -0.2) is 0 Å². The molecular formula is C28H46BrNO12. The first-order chi connectivity index (χ1) is 20.1. The van der Waals surface area contributed by atoms with Crippen LogP contribution in [0, 0.1) is 5.92 Å². The number of carbonyl (C=O) groups excluding carboxylic acids is 4. The lowest BCUT2D eigenvalue weighted by Crippen LogP contribution is -2.31. The Balaban J connectivity index is 3.61. The van der Waals surface area contributed by atoms with Crippen molar-refractivity contribution in [2.24, 2.45) is 5.92 Å². The number of carbonyl (C=O) groups is 6. The highest BCUT2D eigenvalue weighted by atomic mass is 79.9. The standard InChI is InChI=1S/C28H46BrNO12/c29-19-24(32)7-3-1-2-6-22(28(37)38)18-25(33)20-41-16-15-40-13-11-30-26(34)21-42-17-14-39-12-5-9-23(31)8-4-10-27(35)36/h22H,1-21H2,(H,30,34)(H,35,36)(H,37,38). The number of ether oxygens (including phenoxy) is 4. The maximum absolute atomic E-state index is 12.1. The number of rotatable bonds is 31. The van der Waals surface area contributed by atoms with Crippen LogP contribution in [-0.2, 0) is 47.7 Å². The van der Waals surface area contributed by atoms with E-state index in [4.69, 9.17) is 24.1 Å². The highest BCUT2D eigenvalue weighted by Gasteiger charge is 2.20. The number of ketones is 3. The number of alkyl halides is 1. The van der Waals surface area contributed by atoms with Crippen LogP contribution < -0.4 is 5.32 Å². The number of hydrogen-bond acceptors (Lipinski definition) is 10. The van der Waals surface area contributed by atoms with Crippen molar-refractivity contribution < 1.29 is 57.9 Å². The number of aliphatic carboxylic acids is 2. The first kappa shape index (κ1) is 39.7. The number of unbranched alkanes of at least 4 members (excludes halogenated alkanes) is 2. The van der Waals surface area contributed by atoms with Crippen LogP contribution in [0.3, 0.4) is 0 Å². The fourth-order valence-corrected chi connectivity index (χ4v) is 3.92. The fourth-order valence-electron chi connectivity index (χ4n) is 3.64. The minimum atomic E-state index is -1.02. The van der Waals surface area contributed by atoms with Crippen LogP contribution in [0.1, 0.15) is 70.6 Å². The third-order valence-corrected chi connectivity index (χ3v) is 6.51. The zero-order chi connectivity index (χ0) is 31.4. The Labute approximate surface area is 255 Å². The SMILES string of the molecule is O=C(O)CCCC(=O)CCCOCCOCC(=O)NCCOCCOCC(=O)CC(CCCCCC(=O)CBr)C(=O)O. The molecule has 0 spiro atoms. The lowest BCUT2D eigenvalue weighted by molar-refractivity contribution is -0.144. The van der Waals surface area contributed by atoms with E-state index in [1.165, 1.54) is 0 Å². The van der Waals surface area contributed by atoms with Crippen molar-refractivity contribution in [3.05, 3.63) is 0 Å². The largest absolute Gasteiger partial charge is 0.481 e. The van der Waals surface area contributed by atoms with Gasteiger partial charge in [0.2, 0.25) is 5.91 Å². The molecule has 0 saturated carbocycles. The first-order valence-electron chi connectivity index (χ1n) is 14.3. The van der Waals surface area contributed by atoms with E-state index in [0.29, 0.717) is 56.9 Å². The molecule has 13 nitrogen and oxygen atoms in total. The summed E-state index contributed by atoms with van der Waals surface area (Å²) >= 11 is 3.10. The van der Waals surface area contributed by atoms with E-state index in [9.17, 15) is 33.9 Å². The summed E-state index contributed by atoms with van der Waals surface area (Å²) in [5.41, 5.74) is 0. The molecule has 0 radical (unpaired) electrons. The quantitative estimate of drug-likeness (QED) is 0.0723. The molecule has 3 N–H and O–H groups in total. The highest BCUT2D eigenvalue weighted by Crippen LogP contribution is 2.16. The number of carboxylic acids is 2. The van der Waals surface area contributed by atoms with Crippen molar-refractivity contribution in [1.29, 1.82) is 0 Å². The third kappa shape index (κ3) is 26.6. The molecule has 0 aromatic heterocycles. The van der Waals surface area contributed by atoms with Gasteiger partial charge < -0.3 is 34.5 Å². The average molecular weight is 669 g/mol. The predicted octanol–water partition coefficient (Wildman–Crippen LogP) is 2.35. The smallest absolute Gasteiger partial charge is 0.306 e. The average Bonchev–Trinajstić information content (AvgIpc) is 2.94. The number of halogens is 1. The van der Waals surface area contributed by atoms with Crippen molar-refractivity contribution in [3.63, 3.8) is 0 Å². The summed E-state index contributed by atoms with van der Waals surface area (Å²) < 4.78 is 21.1. The number of Topliss-reactive ketones (excluding diaryl/α,β-unsaturated/α-hetero) is 3. The highest BCUT2D eigenvalue weighted by molar-refractivity contribution is 9.09. The molecule has 0 aliphatic heterocycles. The Hall–Kier alpha value is -2.26. The van der Waals surface area contributed by atoms with Gasteiger partial charge >= 0.3 is 11.9 Å². The zero-order valence-electron chi connectivity index (χ0n) is 24.3. The van der Waals surface area contributed by atoms with Gasteiger partial charge in [-0.3, -0.25) is 28.8 Å². The van der Waals surface area contributed by atoms with Gasteiger partial charge in [0, 0.05) is 45.3 Å². The van der Waals surface area contributed by atoms with E-state index in [0.717, 1.165) is 6.42 Å². The van der Waals surface area contributed by atoms with Crippen LogP contribution in [-0.4, -0.2) is 110 Å². The Morgan fingerprint density at radius 3 is 1.90 bits per heavy atom. The summed E-state index contributed by atoms with van der Waals surface area (Å²) in [6, 6.07) is 0. The Morgan fingerprint density at radius 1 is 0.619 bits per heavy atom. The Bertz CT molecular complexity index is 808. The summed E-state index contributed by atoms with van der Waals surface area (Å²) in [5.74, 6) is -3.17. The monoisotopic (exact) mass is 667 g/mol. The molecule has 1 unspecified atom stereocenters. The number of nitrogens with one attached hydrogen (secondary N) is 1. The number of amides is 1. The van der Waals surface area contributed by atoms with Gasteiger partial charge in [0.15, 0.2) is 5.78 Å². The predicted molar refractivity (Wildman–Crippen MR) is 155 cm³/mol. The molecular weight excluding hydrogens is 622 g/mol. The second-order valence-corrected chi connectivity index (χ2v) is 10.2. The molecule has 0 heterocycles. The van der Waals surface area contributed by atoms with E-state index < -0.39 is 17.9 Å². The summed E-state index contributed by atoms with van der Waals surface area (Å²) in [5, 5.41) is 20.8. The van der Waals surface area contributed by atoms with E-state index in [2.05, 4.69) is 21.2 Å². The first-order valence-corrected chi connectivity index (χ1v) is 15.4.